The number of fused-ring (bicyclic) bond motifs is 2. The summed E-state index contributed by atoms with van der Waals surface area (Å²) in [5, 5.41) is 18.8. The van der Waals surface area contributed by atoms with Gasteiger partial charge in [0.1, 0.15) is 11.6 Å². The minimum Gasteiger partial charge on any atom is -0.444 e. The van der Waals surface area contributed by atoms with E-state index in [0.29, 0.717) is 56.6 Å². The zero-order valence-electron chi connectivity index (χ0n) is 16.5. The van der Waals surface area contributed by atoms with Crippen LogP contribution in [0.5, 0.6) is 0 Å². The van der Waals surface area contributed by atoms with Gasteiger partial charge < -0.3 is 19.0 Å². The molecule has 3 aliphatic rings. The molecule has 10 heteroatoms. The molecular formula is C18H27N5O5. The normalized spacial score (nSPS) is 25.3. The Morgan fingerprint density at radius 1 is 1.25 bits per heavy atom. The molecule has 0 aromatic carbocycles. The molecule has 0 spiro atoms. The molecule has 10 nitrogen and oxygen atoms in total. The number of hydrogen-bond acceptors (Lipinski definition) is 7. The number of hydrogen-bond donors (Lipinski definition) is 1. The predicted molar refractivity (Wildman–Crippen MR) is 95.4 cm³/mol. The van der Waals surface area contributed by atoms with Gasteiger partial charge >= 0.3 is 12.1 Å². The summed E-state index contributed by atoms with van der Waals surface area (Å²) in [6.07, 6.45) is 2.62. The van der Waals surface area contributed by atoms with E-state index in [4.69, 9.17) is 9.15 Å². The van der Waals surface area contributed by atoms with Gasteiger partial charge in [-0.2, -0.15) is 0 Å². The zero-order valence-corrected chi connectivity index (χ0v) is 16.5. The molecule has 0 unspecified atom stereocenters. The number of carbonyl (C=O) groups is 2. The molecule has 3 amide bonds. The van der Waals surface area contributed by atoms with Gasteiger partial charge in [-0.1, -0.05) is 0 Å². The van der Waals surface area contributed by atoms with Crippen molar-refractivity contribution in [3.8, 4) is 0 Å². The summed E-state index contributed by atoms with van der Waals surface area (Å²) < 4.78 is 11.2. The summed E-state index contributed by atoms with van der Waals surface area (Å²) in [4.78, 5) is 27.3. The number of piperidine rings is 1. The second-order valence-electron chi connectivity index (χ2n) is 8.85. The van der Waals surface area contributed by atoms with E-state index >= 15 is 0 Å². The average molecular weight is 393 g/mol. The van der Waals surface area contributed by atoms with E-state index in [0.717, 1.165) is 11.5 Å². The molecule has 4 rings (SSSR count). The third-order valence-corrected chi connectivity index (χ3v) is 5.49. The molecule has 0 radical (unpaired) electrons. The molecule has 0 saturated carbocycles. The minimum atomic E-state index is -0.481. The number of aryl methyl sites for hydroxylation is 1. The number of carbonyl (C=O) groups excluding carboxylic acids is 2. The van der Waals surface area contributed by atoms with Gasteiger partial charge in [-0.05, 0) is 46.0 Å². The number of likely N-dealkylation sites (tertiary alicyclic amines) is 1. The van der Waals surface area contributed by atoms with Crippen molar-refractivity contribution in [2.24, 2.45) is 5.92 Å². The van der Waals surface area contributed by atoms with E-state index in [1.165, 1.54) is 0 Å². The maximum absolute atomic E-state index is 12.1. The highest BCUT2D eigenvalue weighted by Gasteiger charge is 2.46. The molecule has 28 heavy (non-hydrogen) atoms. The highest BCUT2D eigenvalue weighted by atomic mass is 16.6. The molecule has 2 bridgehead atoms. The molecular weight excluding hydrogens is 366 g/mol. The van der Waals surface area contributed by atoms with Gasteiger partial charge in [0.2, 0.25) is 11.8 Å². The molecule has 154 valence electrons. The van der Waals surface area contributed by atoms with Crippen molar-refractivity contribution in [1.29, 1.82) is 0 Å². The van der Waals surface area contributed by atoms with E-state index in [1.54, 1.807) is 9.80 Å². The monoisotopic (exact) mass is 393 g/mol. The molecule has 1 aromatic heterocycles. The fourth-order valence-corrected chi connectivity index (χ4v) is 3.97. The van der Waals surface area contributed by atoms with Crippen molar-refractivity contribution in [3.63, 3.8) is 0 Å². The van der Waals surface area contributed by atoms with E-state index < -0.39 is 11.6 Å². The Morgan fingerprint density at radius 2 is 2.00 bits per heavy atom. The SMILES string of the molecule is CC(C)(C)OC(=O)N1CC(CCc2nnc([C@@H]3CC[C@H]4CN3C(=O)N4O)o2)C1. The Hall–Kier alpha value is -2.36. The maximum atomic E-state index is 12.1. The van der Waals surface area contributed by atoms with Crippen molar-refractivity contribution < 1.29 is 24.0 Å². The summed E-state index contributed by atoms with van der Waals surface area (Å²) in [7, 11) is 0. The van der Waals surface area contributed by atoms with Gasteiger partial charge in [-0.3, -0.25) is 5.21 Å². The van der Waals surface area contributed by atoms with Gasteiger partial charge in [0, 0.05) is 26.1 Å². The number of nitrogens with zero attached hydrogens (tertiary/aromatic N) is 5. The minimum absolute atomic E-state index is 0.141. The lowest BCUT2D eigenvalue weighted by Crippen LogP contribution is -2.51. The molecule has 0 aliphatic carbocycles. The highest BCUT2D eigenvalue weighted by molar-refractivity contribution is 5.76. The van der Waals surface area contributed by atoms with E-state index in [9.17, 15) is 14.8 Å². The average Bonchev–Trinajstić information content (AvgIpc) is 3.13. The molecule has 1 N–H and O–H groups in total. The molecule has 3 fully saturated rings. The number of urea groups is 1. The van der Waals surface area contributed by atoms with Crippen LogP contribution < -0.4 is 0 Å². The van der Waals surface area contributed by atoms with Gasteiger partial charge in [0.15, 0.2) is 0 Å². The number of amides is 3. The zero-order chi connectivity index (χ0) is 20.1. The molecule has 4 heterocycles. The van der Waals surface area contributed by atoms with E-state index in [-0.39, 0.29) is 18.2 Å². The first-order valence-corrected chi connectivity index (χ1v) is 9.80. The third-order valence-electron chi connectivity index (χ3n) is 5.49. The Labute approximate surface area is 163 Å². The van der Waals surface area contributed by atoms with Crippen LogP contribution in [-0.2, 0) is 11.2 Å². The van der Waals surface area contributed by atoms with E-state index in [2.05, 4.69) is 10.2 Å². The Kier molecular flexibility index (Phi) is 4.68. The fourth-order valence-electron chi connectivity index (χ4n) is 3.97. The van der Waals surface area contributed by atoms with Crippen molar-refractivity contribution >= 4 is 12.1 Å². The van der Waals surface area contributed by atoms with Crippen molar-refractivity contribution in [3.05, 3.63) is 11.8 Å². The molecule has 3 saturated heterocycles. The number of hydroxylamine groups is 2. The van der Waals surface area contributed by atoms with Crippen LogP contribution in [0.4, 0.5) is 9.59 Å². The van der Waals surface area contributed by atoms with Gasteiger partial charge in [-0.15, -0.1) is 10.2 Å². The topological polar surface area (TPSA) is 112 Å². The molecule has 3 aliphatic heterocycles. The second kappa shape index (κ2) is 6.91. The van der Waals surface area contributed by atoms with Gasteiger partial charge in [-0.25, -0.2) is 14.7 Å². The Morgan fingerprint density at radius 3 is 2.71 bits per heavy atom. The quantitative estimate of drug-likeness (QED) is 0.780. The highest BCUT2D eigenvalue weighted by Crippen LogP contribution is 2.37. The Balaban J connectivity index is 1.25. The van der Waals surface area contributed by atoms with Crippen molar-refractivity contribution in [2.45, 2.75) is 64.1 Å². The van der Waals surface area contributed by atoms with Crippen LogP contribution in [0, 0.1) is 5.92 Å². The first-order chi connectivity index (χ1) is 13.2. The number of aromatic nitrogens is 2. The lowest BCUT2D eigenvalue weighted by molar-refractivity contribution is -0.0584. The standard InChI is InChI=1S/C18H27N5O5/c1-18(2,3)28-17(25)21-8-11(9-21)4-7-14-19-20-15(27-14)13-6-5-12-10-22(13)16(24)23(12)26/h11-13,26H,4-10H2,1-3H3/t12-,13-/m0/s1. The first-order valence-electron chi connectivity index (χ1n) is 9.80. The van der Waals surface area contributed by atoms with E-state index in [1.807, 2.05) is 20.8 Å². The van der Waals surface area contributed by atoms with Gasteiger partial charge in [0.05, 0.1) is 6.04 Å². The van der Waals surface area contributed by atoms with Crippen molar-refractivity contribution in [1.82, 2.24) is 25.1 Å². The Bertz CT molecular complexity index is 754. The van der Waals surface area contributed by atoms with Crippen LogP contribution in [0.25, 0.3) is 0 Å². The first kappa shape index (κ1) is 19.0. The summed E-state index contributed by atoms with van der Waals surface area (Å²) in [5.41, 5.74) is -0.481. The van der Waals surface area contributed by atoms with Crippen LogP contribution in [0.3, 0.4) is 0 Å². The lowest BCUT2D eigenvalue weighted by atomic mass is 9.95. The smallest absolute Gasteiger partial charge is 0.410 e. The maximum Gasteiger partial charge on any atom is 0.410 e. The fraction of sp³-hybridized carbons (Fsp3) is 0.778. The summed E-state index contributed by atoms with van der Waals surface area (Å²) in [6.45, 7) is 7.41. The predicted octanol–water partition coefficient (Wildman–Crippen LogP) is 2.20. The van der Waals surface area contributed by atoms with Crippen LogP contribution in [-0.4, -0.2) is 73.7 Å². The largest absolute Gasteiger partial charge is 0.444 e. The number of rotatable bonds is 4. The molecule has 2 atom stereocenters. The second-order valence-corrected chi connectivity index (χ2v) is 8.85. The summed E-state index contributed by atoms with van der Waals surface area (Å²) in [5.74, 6) is 1.36. The van der Waals surface area contributed by atoms with Crippen LogP contribution in [0.1, 0.15) is 57.9 Å². The third kappa shape index (κ3) is 3.65. The number of ether oxygens (including phenoxy) is 1. The molecule has 1 aromatic rings. The van der Waals surface area contributed by atoms with Crippen LogP contribution in [0.15, 0.2) is 4.42 Å². The summed E-state index contributed by atoms with van der Waals surface area (Å²) >= 11 is 0. The summed E-state index contributed by atoms with van der Waals surface area (Å²) in [6, 6.07) is -0.810. The van der Waals surface area contributed by atoms with Crippen LogP contribution >= 0.6 is 0 Å². The lowest BCUT2D eigenvalue weighted by Gasteiger charge is -2.39. The van der Waals surface area contributed by atoms with Crippen LogP contribution in [0.2, 0.25) is 0 Å². The van der Waals surface area contributed by atoms with Gasteiger partial charge in [0.25, 0.3) is 0 Å². The van der Waals surface area contributed by atoms with Crippen molar-refractivity contribution in [2.75, 3.05) is 19.6 Å².